The number of para-hydroxylation sites is 1. The van der Waals surface area contributed by atoms with E-state index >= 15 is 0 Å². The van der Waals surface area contributed by atoms with Crippen LogP contribution in [0.25, 0.3) is 10.9 Å². The van der Waals surface area contributed by atoms with Gasteiger partial charge < -0.3 is 5.32 Å². The summed E-state index contributed by atoms with van der Waals surface area (Å²) >= 11 is 1.31. The molecular weight excluding hydrogens is 398 g/mol. The van der Waals surface area contributed by atoms with Crippen molar-refractivity contribution >= 4 is 34.4 Å². The number of unbranched alkanes of at least 4 members (excludes halogenated alkanes) is 1. The van der Waals surface area contributed by atoms with Crippen molar-refractivity contribution in [3.63, 3.8) is 0 Å². The predicted octanol–water partition coefficient (Wildman–Crippen LogP) is 4.48. The van der Waals surface area contributed by atoms with Crippen molar-refractivity contribution in [2.45, 2.75) is 70.0 Å². The number of carbonyl (C=O) groups excluding carboxylic acids is 1. The van der Waals surface area contributed by atoms with Crippen molar-refractivity contribution in [1.82, 2.24) is 19.3 Å². The van der Waals surface area contributed by atoms with Crippen molar-refractivity contribution in [1.29, 1.82) is 0 Å². The zero-order valence-electron chi connectivity index (χ0n) is 18.0. The van der Waals surface area contributed by atoms with Crippen molar-refractivity contribution < 1.29 is 4.79 Å². The van der Waals surface area contributed by atoms with E-state index in [1.807, 2.05) is 29.8 Å². The van der Waals surface area contributed by atoms with Gasteiger partial charge in [-0.2, -0.15) is 5.10 Å². The molecule has 0 aliphatic carbocycles. The molecule has 3 aromatic rings. The highest BCUT2D eigenvalue weighted by atomic mass is 32.2. The van der Waals surface area contributed by atoms with Gasteiger partial charge in [0.1, 0.15) is 5.82 Å². The summed E-state index contributed by atoms with van der Waals surface area (Å²) in [5.41, 5.74) is 0.596. The lowest BCUT2D eigenvalue weighted by Crippen LogP contribution is -2.28. The zero-order valence-corrected chi connectivity index (χ0v) is 18.8. The zero-order chi connectivity index (χ0) is 21.7. The van der Waals surface area contributed by atoms with Crippen molar-refractivity contribution in [3.8, 4) is 0 Å². The van der Waals surface area contributed by atoms with Crippen LogP contribution in [0, 0.1) is 0 Å². The van der Waals surface area contributed by atoms with Gasteiger partial charge >= 0.3 is 0 Å². The van der Waals surface area contributed by atoms with Gasteiger partial charge in [0, 0.05) is 12.6 Å². The molecule has 2 atom stereocenters. The lowest BCUT2D eigenvalue weighted by molar-refractivity contribution is -0.115. The highest BCUT2D eigenvalue weighted by Crippen LogP contribution is 2.25. The van der Waals surface area contributed by atoms with E-state index in [9.17, 15) is 9.59 Å². The van der Waals surface area contributed by atoms with E-state index in [1.165, 1.54) is 11.8 Å². The highest BCUT2D eigenvalue weighted by Gasteiger charge is 2.21. The summed E-state index contributed by atoms with van der Waals surface area (Å²) in [5.74, 6) is 0.533. The summed E-state index contributed by atoms with van der Waals surface area (Å²) in [6.45, 7) is 8.65. The van der Waals surface area contributed by atoms with E-state index in [0.29, 0.717) is 28.4 Å². The third-order valence-electron chi connectivity index (χ3n) is 5.14. The van der Waals surface area contributed by atoms with Crippen LogP contribution in [-0.2, 0) is 11.3 Å². The maximum atomic E-state index is 13.0. The number of hydrogen-bond donors (Lipinski definition) is 1. The first kappa shape index (κ1) is 22.1. The van der Waals surface area contributed by atoms with Crippen LogP contribution in [0.15, 0.2) is 46.5 Å². The van der Waals surface area contributed by atoms with Crippen molar-refractivity contribution in [2.24, 2.45) is 0 Å². The van der Waals surface area contributed by atoms with E-state index in [4.69, 9.17) is 4.98 Å². The number of hydrogen-bond acceptors (Lipinski definition) is 5. The lowest BCUT2D eigenvalue weighted by Gasteiger charge is -2.18. The smallest absolute Gasteiger partial charge is 0.262 e. The van der Waals surface area contributed by atoms with Gasteiger partial charge in [-0.05, 0) is 38.8 Å². The Bertz CT molecular complexity index is 1070. The molecule has 2 aromatic heterocycles. The third kappa shape index (κ3) is 4.75. The van der Waals surface area contributed by atoms with Crippen molar-refractivity contribution in [3.05, 3.63) is 46.9 Å². The molecule has 7 nitrogen and oxygen atoms in total. The van der Waals surface area contributed by atoms with E-state index in [2.05, 4.69) is 31.2 Å². The second kappa shape index (κ2) is 9.93. The predicted molar refractivity (Wildman–Crippen MR) is 122 cm³/mol. The molecule has 0 saturated carbocycles. The van der Waals surface area contributed by atoms with E-state index in [1.54, 1.807) is 22.9 Å². The fourth-order valence-electron chi connectivity index (χ4n) is 3.13. The van der Waals surface area contributed by atoms with Gasteiger partial charge in [0.05, 0.1) is 28.4 Å². The van der Waals surface area contributed by atoms with Gasteiger partial charge in [-0.25, -0.2) is 9.67 Å². The number of anilines is 1. The molecule has 1 aromatic carbocycles. The molecule has 1 amide bonds. The number of thioether (sulfide) groups is 1. The number of fused-ring (bicyclic) bond motifs is 1. The average molecular weight is 428 g/mol. The van der Waals surface area contributed by atoms with Crippen LogP contribution in [0.3, 0.4) is 0 Å². The van der Waals surface area contributed by atoms with Crippen LogP contribution in [-0.4, -0.2) is 30.5 Å². The molecule has 160 valence electrons. The second-order valence-corrected chi connectivity index (χ2v) is 8.70. The Kier molecular flexibility index (Phi) is 7.31. The molecule has 3 rings (SSSR count). The normalized spacial score (nSPS) is 13.3. The molecule has 0 fully saturated rings. The van der Waals surface area contributed by atoms with E-state index in [-0.39, 0.29) is 17.5 Å². The molecule has 8 heteroatoms. The SMILES string of the molecule is CCCCn1c(S[C@H](C)C(=O)Nc2ccnn2[C@H](C)CC)nc2ccccc2c1=O. The quantitative estimate of drug-likeness (QED) is 0.402. The number of rotatable bonds is 9. The van der Waals surface area contributed by atoms with Crippen LogP contribution >= 0.6 is 11.8 Å². The summed E-state index contributed by atoms with van der Waals surface area (Å²) in [6.07, 6.45) is 4.45. The number of nitrogens with one attached hydrogen (secondary N) is 1. The molecule has 0 bridgehead atoms. The minimum atomic E-state index is -0.425. The number of carbonyl (C=O) groups is 1. The monoisotopic (exact) mass is 427 g/mol. The maximum absolute atomic E-state index is 13.0. The number of benzene rings is 1. The van der Waals surface area contributed by atoms with Gasteiger partial charge in [0.25, 0.3) is 5.56 Å². The Balaban J connectivity index is 1.85. The first-order valence-electron chi connectivity index (χ1n) is 10.5. The summed E-state index contributed by atoms with van der Waals surface area (Å²) in [4.78, 5) is 30.6. The maximum Gasteiger partial charge on any atom is 0.262 e. The van der Waals surface area contributed by atoms with Gasteiger partial charge in [0.15, 0.2) is 5.16 Å². The first-order chi connectivity index (χ1) is 14.5. The molecule has 0 aliphatic rings. The fourth-order valence-corrected chi connectivity index (χ4v) is 4.06. The van der Waals surface area contributed by atoms with E-state index < -0.39 is 5.25 Å². The molecule has 1 N–H and O–H groups in total. The van der Waals surface area contributed by atoms with Crippen LogP contribution in [0.4, 0.5) is 5.82 Å². The fraction of sp³-hybridized carbons (Fsp3) is 0.455. The van der Waals surface area contributed by atoms with Crippen molar-refractivity contribution in [2.75, 3.05) is 5.32 Å². The van der Waals surface area contributed by atoms with Gasteiger partial charge in [-0.1, -0.05) is 44.2 Å². The number of amides is 1. The van der Waals surface area contributed by atoms with Gasteiger partial charge in [-0.3, -0.25) is 14.2 Å². The van der Waals surface area contributed by atoms with E-state index in [0.717, 1.165) is 19.3 Å². The van der Waals surface area contributed by atoms with Crippen LogP contribution in [0.2, 0.25) is 0 Å². The molecule has 0 unspecified atom stereocenters. The largest absolute Gasteiger partial charge is 0.310 e. The Hall–Kier alpha value is -2.61. The lowest BCUT2D eigenvalue weighted by atomic mass is 10.2. The minimum Gasteiger partial charge on any atom is -0.310 e. The third-order valence-corrected chi connectivity index (χ3v) is 6.23. The number of nitrogens with zero attached hydrogens (tertiary/aromatic N) is 4. The minimum absolute atomic E-state index is 0.0565. The molecule has 2 heterocycles. The van der Waals surface area contributed by atoms with Gasteiger partial charge in [-0.15, -0.1) is 0 Å². The molecule has 30 heavy (non-hydrogen) atoms. The summed E-state index contributed by atoms with van der Waals surface area (Å²) < 4.78 is 3.52. The molecule has 0 spiro atoms. The second-order valence-electron chi connectivity index (χ2n) is 7.39. The summed E-state index contributed by atoms with van der Waals surface area (Å²) in [7, 11) is 0. The Labute approximate surface area is 180 Å². The Morgan fingerprint density at radius 1 is 1.20 bits per heavy atom. The van der Waals surface area contributed by atoms with Crippen LogP contribution in [0.1, 0.15) is 53.0 Å². The van der Waals surface area contributed by atoms with Crippen LogP contribution in [0.5, 0.6) is 0 Å². The molecule has 0 saturated heterocycles. The Morgan fingerprint density at radius 2 is 1.97 bits per heavy atom. The highest BCUT2D eigenvalue weighted by molar-refractivity contribution is 8.00. The summed E-state index contributed by atoms with van der Waals surface area (Å²) in [6, 6.07) is 9.34. The number of aromatic nitrogens is 4. The molecule has 0 radical (unpaired) electrons. The standard InChI is InChI=1S/C22H29N5O2S/c1-5-7-14-26-21(29)17-10-8-9-11-18(17)24-22(26)30-16(4)20(28)25-19-12-13-23-27(19)15(3)6-2/h8-13,15-16H,5-7,14H2,1-4H3,(H,25,28)/t15-,16-/m1/s1. The van der Waals surface area contributed by atoms with Crippen LogP contribution < -0.4 is 10.9 Å². The first-order valence-corrected chi connectivity index (χ1v) is 11.3. The molecule has 0 aliphatic heterocycles. The van der Waals surface area contributed by atoms with Gasteiger partial charge in [0.2, 0.25) is 5.91 Å². The average Bonchev–Trinajstić information content (AvgIpc) is 3.21. The molecular formula is C22H29N5O2S. The summed E-state index contributed by atoms with van der Waals surface area (Å²) in [5, 5.41) is 8.03. The topological polar surface area (TPSA) is 81.8 Å². The Morgan fingerprint density at radius 3 is 2.70 bits per heavy atom.